The molecule has 0 aliphatic carbocycles. The molecule has 1 rings (SSSR count). The van der Waals surface area contributed by atoms with Gasteiger partial charge in [0, 0.05) is 18.3 Å². The number of anilines is 1. The molecule has 0 saturated heterocycles. The third kappa shape index (κ3) is 4.94. The molecule has 3 nitrogen and oxygen atoms in total. The number of ether oxygens (including phenoxy) is 1. The summed E-state index contributed by atoms with van der Waals surface area (Å²) >= 11 is 1.85. The van der Waals surface area contributed by atoms with Crippen LogP contribution in [0.4, 0.5) is 5.69 Å². The first-order chi connectivity index (χ1) is 7.86. The van der Waals surface area contributed by atoms with Crippen LogP contribution < -0.4 is 10.1 Å². The number of nitriles is 1. The fourth-order valence-corrected chi connectivity index (χ4v) is 1.69. The first-order valence-corrected chi connectivity index (χ1v) is 6.59. The lowest BCUT2D eigenvalue weighted by atomic mass is 10.3. The molecule has 0 aliphatic rings. The maximum atomic E-state index is 8.40. The van der Waals surface area contributed by atoms with Gasteiger partial charge in [0.1, 0.15) is 11.8 Å². The van der Waals surface area contributed by atoms with Crippen LogP contribution in [-0.4, -0.2) is 25.2 Å². The van der Waals surface area contributed by atoms with E-state index in [1.54, 1.807) is 0 Å². The van der Waals surface area contributed by atoms with Gasteiger partial charge in [-0.15, -0.1) is 0 Å². The molecule has 0 atom stereocenters. The van der Waals surface area contributed by atoms with Crippen LogP contribution in [-0.2, 0) is 0 Å². The Balaban J connectivity index is 2.38. The summed E-state index contributed by atoms with van der Waals surface area (Å²) < 4.78 is 5.22. The van der Waals surface area contributed by atoms with Crippen LogP contribution >= 0.6 is 11.8 Å². The first-order valence-electron chi connectivity index (χ1n) is 5.19. The van der Waals surface area contributed by atoms with Gasteiger partial charge in [0.05, 0.1) is 0 Å². The number of hydrogen-bond acceptors (Lipinski definition) is 4. The Morgan fingerprint density at radius 2 is 2.38 bits per heavy atom. The van der Waals surface area contributed by atoms with E-state index in [2.05, 4.69) is 11.6 Å². The summed E-state index contributed by atoms with van der Waals surface area (Å²) in [7, 11) is 0. The zero-order chi connectivity index (χ0) is 11.6. The minimum absolute atomic E-state index is 0.0932. The highest BCUT2D eigenvalue weighted by molar-refractivity contribution is 7.98. The monoisotopic (exact) mass is 236 g/mol. The van der Waals surface area contributed by atoms with Crippen LogP contribution in [0, 0.1) is 11.3 Å². The van der Waals surface area contributed by atoms with E-state index in [1.165, 1.54) is 0 Å². The van der Waals surface area contributed by atoms with Gasteiger partial charge in [-0.25, -0.2) is 0 Å². The van der Waals surface area contributed by atoms with Gasteiger partial charge in [0.15, 0.2) is 6.61 Å². The molecule has 0 amide bonds. The van der Waals surface area contributed by atoms with Crippen molar-refractivity contribution in [1.82, 2.24) is 0 Å². The van der Waals surface area contributed by atoms with Crippen molar-refractivity contribution in [3.63, 3.8) is 0 Å². The normalized spacial score (nSPS) is 9.50. The van der Waals surface area contributed by atoms with Crippen molar-refractivity contribution < 1.29 is 4.74 Å². The third-order valence-electron chi connectivity index (χ3n) is 1.99. The molecule has 1 N–H and O–H groups in total. The van der Waals surface area contributed by atoms with Crippen LogP contribution in [0.2, 0.25) is 0 Å². The standard InChI is InChI=1S/C12H16N2OS/c1-16-9-3-7-14-11-4-2-5-12(10-11)15-8-6-13/h2,4-5,10,14H,3,7-9H2,1H3. The van der Waals surface area contributed by atoms with Gasteiger partial charge in [0.25, 0.3) is 0 Å². The molecule has 0 aliphatic heterocycles. The quantitative estimate of drug-likeness (QED) is 0.739. The van der Waals surface area contributed by atoms with Crippen molar-refractivity contribution in [2.24, 2.45) is 0 Å². The summed E-state index contributed by atoms with van der Waals surface area (Å²) in [5.74, 6) is 1.90. The molecule has 0 aromatic heterocycles. The summed E-state index contributed by atoms with van der Waals surface area (Å²) in [6, 6.07) is 9.63. The summed E-state index contributed by atoms with van der Waals surface area (Å²) in [5, 5.41) is 11.7. The van der Waals surface area contributed by atoms with Crippen LogP contribution in [0.3, 0.4) is 0 Å². The molecular formula is C12H16N2OS. The van der Waals surface area contributed by atoms with Crippen molar-refractivity contribution in [2.75, 3.05) is 30.5 Å². The molecular weight excluding hydrogens is 220 g/mol. The van der Waals surface area contributed by atoms with E-state index in [9.17, 15) is 0 Å². The van der Waals surface area contributed by atoms with Crippen LogP contribution in [0.5, 0.6) is 5.75 Å². The fraction of sp³-hybridized carbons (Fsp3) is 0.417. The van der Waals surface area contributed by atoms with Crippen LogP contribution in [0.25, 0.3) is 0 Å². The van der Waals surface area contributed by atoms with Crippen molar-refractivity contribution in [1.29, 1.82) is 5.26 Å². The highest BCUT2D eigenvalue weighted by Gasteiger charge is 1.95. The lowest BCUT2D eigenvalue weighted by Crippen LogP contribution is -2.02. The van der Waals surface area contributed by atoms with Gasteiger partial charge in [-0.2, -0.15) is 17.0 Å². The average molecular weight is 236 g/mol. The molecule has 86 valence electrons. The number of hydrogen-bond donors (Lipinski definition) is 1. The van der Waals surface area contributed by atoms with E-state index in [0.29, 0.717) is 0 Å². The van der Waals surface area contributed by atoms with Crippen molar-refractivity contribution in [3.8, 4) is 11.8 Å². The Hall–Kier alpha value is -1.34. The van der Waals surface area contributed by atoms with Gasteiger partial charge >= 0.3 is 0 Å². The predicted octanol–water partition coefficient (Wildman–Crippen LogP) is 2.75. The summed E-state index contributed by atoms with van der Waals surface area (Å²) in [6.07, 6.45) is 3.25. The minimum Gasteiger partial charge on any atom is -0.479 e. The Morgan fingerprint density at radius 3 is 3.12 bits per heavy atom. The highest BCUT2D eigenvalue weighted by atomic mass is 32.2. The molecule has 1 aromatic rings. The molecule has 0 radical (unpaired) electrons. The molecule has 16 heavy (non-hydrogen) atoms. The minimum atomic E-state index is 0.0932. The van der Waals surface area contributed by atoms with Gasteiger partial charge in [-0.1, -0.05) is 6.07 Å². The van der Waals surface area contributed by atoms with Crippen LogP contribution in [0.1, 0.15) is 6.42 Å². The average Bonchev–Trinajstić information content (AvgIpc) is 2.33. The van der Waals surface area contributed by atoms with Gasteiger partial charge < -0.3 is 10.1 Å². The molecule has 0 heterocycles. The smallest absolute Gasteiger partial charge is 0.174 e. The second kappa shape index (κ2) is 7.89. The van der Waals surface area contributed by atoms with E-state index in [-0.39, 0.29) is 6.61 Å². The Morgan fingerprint density at radius 1 is 1.50 bits per heavy atom. The Labute approximate surface area is 101 Å². The molecule has 0 saturated carbocycles. The number of nitrogens with zero attached hydrogens (tertiary/aromatic N) is 1. The molecule has 1 aromatic carbocycles. The number of thioether (sulfide) groups is 1. The van der Waals surface area contributed by atoms with E-state index < -0.39 is 0 Å². The second-order valence-corrected chi connectivity index (χ2v) is 4.23. The van der Waals surface area contributed by atoms with Gasteiger partial charge in [-0.3, -0.25) is 0 Å². The largest absolute Gasteiger partial charge is 0.479 e. The van der Waals surface area contributed by atoms with E-state index in [0.717, 1.165) is 30.2 Å². The van der Waals surface area contributed by atoms with Gasteiger partial charge in [0.2, 0.25) is 0 Å². The molecule has 0 bridgehead atoms. The Kier molecular flexibility index (Phi) is 6.28. The number of benzene rings is 1. The van der Waals surface area contributed by atoms with Crippen molar-refractivity contribution >= 4 is 17.4 Å². The summed E-state index contributed by atoms with van der Waals surface area (Å²) in [6.45, 7) is 1.05. The van der Waals surface area contributed by atoms with E-state index in [4.69, 9.17) is 10.00 Å². The van der Waals surface area contributed by atoms with E-state index in [1.807, 2.05) is 42.1 Å². The fourth-order valence-electron chi connectivity index (χ4n) is 1.26. The SMILES string of the molecule is CSCCCNc1cccc(OCC#N)c1. The zero-order valence-corrected chi connectivity index (χ0v) is 10.2. The van der Waals surface area contributed by atoms with Crippen LogP contribution in [0.15, 0.2) is 24.3 Å². The number of rotatable bonds is 7. The topological polar surface area (TPSA) is 45.0 Å². The number of nitrogens with one attached hydrogen (secondary N) is 1. The first kappa shape index (κ1) is 12.7. The molecule has 0 unspecified atom stereocenters. The molecule has 0 fully saturated rings. The maximum absolute atomic E-state index is 8.40. The van der Waals surface area contributed by atoms with Crippen molar-refractivity contribution in [3.05, 3.63) is 24.3 Å². The lowest BCUT2D eigenvalue weighted by molar-refractivity contribution is 0.368. The third-order valence-corrected chi connectivity index (χ3v) is 2.69. The maximum Gasteiger partial charge on any atom is 0.174 e. The lowest BCUT2D eigenvalue weighted by Gasteiger charge is -2.07. The Bertz CT molecular complexity index is 349. The summed E-state index contributed by atoms with van der Waals surface area (Å²) in [5.41, 5.74) is 1.04. The predicted molar refractivity (Wildman–Crippen MR) is 69.0 cm³/mol. The molecule has 4 heteroatoms. The van der Waals surface area contributed by atoms with E-state index >= 15 is 0 Å². The van der Waals surface area contributed by atoms with Gasteiger partial charge in [-0.05, 0) is 30.6 Å². The summed E-state index contributed by atoms with van der Waals surface area (Å²) in [4.78, 5) is 0. The highest BCUT2D eigenvalue weighted by Crippen LogP contribution is 2.17. The second-order valence-electron chi connectivity index (χ2n) is 3.25. The molecule has 0 spiro atoms. The van der Waals surface area contributed by atoms with Crippen molar-refractivity contribution in [2.45, 2.75) is 6.42 Å². The zero-order valence-electron chi connectivity index (χ0n) is 9.40.